The van der Waals surface area contributed by atoms with Crippen LogP contribution in [0, 0.1) is 5.92 Å². The summed E-state index contributed by atoms with van der Waals surface area (Å²) in [4.78, 5) is 25.5. The van der Waals surface area contributed by atoms with Crippen molar-refractivity contribution < 1.29 is 14.7 Å². The summed E-state index contributed by atoms with van der Waals surface area (Å²) >= 11 is 0. The monoisotopic (exact) mass is 333 g/mol. The third-order valence-corrected chi connectivity index (χ3v) is 4.39. The van der Waals surface area contributed by atoms with Crippen LogP contribution in [-0.4, -0.2) is 47.2 Å². The van der Waals surface area contributed by atoms with Gasteiger partial charge in [0.05, 0.1) is 0 Å². The Kier molecular flexibility index (Phi) is 6.61. The van der Waals surface area contributed by atoms with Crippen LogP contribution in [0.1, 0.15) is 32.3 Å². The molecule has 1 saturated heterocycles. The van der Waals surface area contributed by atoms with Crippen LogP contribution >= 0.6 is 0 Å². The fourth-order valence-corrected chi connectivity index (χ4v) is 2.96. The Morgan fingerprint density at radius 2 is 1.83 bits per heavy atom. The van der Waals surface area contributed by atoms with Gasteiger partial charge in [0, 0.05) is 25.7 Å². The number of benzene rings is 1. The first-order valence-electron chi connectivity index (χ1n) is 8.52. The van der Waals surface area contributed by atoms with E-state index in [0.717, 1.165) is 32.5 Å². The first-order valence-corrected chi connectivity index (χ1v) is 8.52. The van der Waals surface area contributed by atoms with Gasteiger partial charge in [-0.05, 0) is 24.3 Å². The van der Waals surface area contributed by atoms with Gasteiger partial charge in [-0.15, -0.1) is 0 Å². The summed E-state index contributed by atoms with van der Waals surface area (Å²) in [5, 5.41) is 14.6. The molecule has 132 valence electrons. The lowest BCUT2D eigenvalue weighted by atomic mass is 10.0. The zero-order chi connectivity index (χ0) is 17.5. The third kappa shape index (κ3) is 5.53. The van der Waals surface area contributed by atoms with Gasteiger partial charge < -0.3 is 15.7 Å². The number of likely N-dealkylation sites (tertiary alicyclic amines) is 1. The van der Waals surface area contributed by atoms with Gasteiger partial charge in [-0.25, -0.2) is 9.59 Å². The van der Waals surface area contributed by atoms with Crippen LogP contribution in [0.2, 0.25) is 0 Å². The highest BCUT2D eigenvalue weighted by Gasteiger charge is 2.25. The second-order valence-corrected chi connectivity index (χ2v) is 6.71. The Bertz CT molecular complexity index is 540. The summed E-state index contributed by atoms with van der Waals surface area (Å²) in [5.74, 6) is -1.15. The first kappa shape index (κ1) is 18.3. The number of urea groups is 1. The minimum absolute atomic E-state index is 0.0960. The molecule has 0 saturated carbocycles. The van der Waals surface area contributed by atoms with Crippen molar-refractivity contribution in [3.05, 3.63) is 35.9 Å². The van der Waals surface area contributed by atoms with Crippen LogP contribution in [0.25, 0.3) is 0 Å². The van der Waals surface area contributed by atoms with Crippen LogP contribution in [0.15, 0.2) is 30.3 Å². The normalized spacial score (nSPS) is 17.5. The molecule has 1 fully saturated rings. The maximum absolute atomic E-state index is 12.0. The fraction of sp³-hybridized carbons (Fsp3) is 0.556. The number of carbonyl (C=O) groups excluding carboxylic acids is 1. The number of hydrogen-bond donors (Lipinski definition) is 3. The maximum atomic E-state index is 12.0. The predicted molar refractivity (Wildman–Crippen MR) is 92.7 cm³/mol. The Balaban J connectivity index is 1.74. The highest BCUT2D eigenvalue weighted by Crippen LogP contribution is 2.14. The third-order valence-electron chi connectivity index (χ3n) is 4.39. The minimum Gasteiger partial charge on any atom is -0.480 e. The van der Waals surface area contributed by atoms with Crippen molar-refractivity contribution in [3.8, 4) is 0 Å². The van der Waals surface area contributed by atoms with E-state index in [9.17, 15) is 9.59 Å². The number of carboxylic acid groups (broad SMARTS) is 1. The van der Waals surface area contributed by atoms with Crippen LogP contribution < -0.4 is 10.6 Å². The molecule has 0 aliphatic carbocycles. The Morgan fingerprint density at radius 1 is 1.21 bits per heavy atom. The highest BCUT2D eigenvalue weighted by molar-refractivity contribution is 5.82. The molecule has 1 aliphatic rings. The number of nitrogens with zero attached hydrogens (tertiary/aromatic N) is 1. The van der Waals surface area contributed by atoms with E-state index < -0.39 is 18.0 Å². The topological polar surface area (TPSA) is 81.7 Å². The Morgan fingerprint density at radius 3 is 2.38 bits per heavy atom. The SMILES string of the molecule is CC(C)[C@H](NC(=O)NC1CCN(Cc2ccccc2)CC1)C(=O)O. The van der Waals surface area contributed by atoms with Crippen LogP contribution in [-0.2, 0) is 11.3 Å². The van der Waals surface area contributed by atoms with E-state index in [1.54, 1.807) is 13.8 Å². The lowest BCUT2D eigenvalue weighted by Crippen LogP contribution is -2.53. The molecule has 0 spiro atoms. The van der Waals surface area contributed by atoms with Crippen molar-refractivity contribution in [3.63, 3.8) is 0 Å². The number of rotatable bonds is 6. The molecule has 24 heavy (non-hydrogen) atoms. The molecule has 0 aromatic heterocycles. The standard InChI is InChI=1S/C18H27N3O3/c1-13(2)16(17(22)23)20-18(24)19-15-8-10-21(11-9-15)12-14-6-4-3-5-7-14/h3-7,13,15-16H,8-12H2,1-2H3,(H,22,23)(H2,19,20,24)/t16-/m0/s1. The quantitative estimate of drug-likeness (QED) is 0.744. The average molecular weight is 333 g/mol. The molecule has 3 N–H and O–H groups in total. The second-order valence-electron chi connectivity index (χ2n) is 6.71. The van der Waals surface area contributed by atoms with Gasteiger partial charge in [0.15, 0.2) is 0 Å². The van der Waals surface area contributed by atoms with E-state index in [4.69, 9.17) is 5.11 Å². The largest absolute Gasteiger partial charge is 0.480 e. The van der Waals surface area contributed by atoms with E-state index in [1.807, 2.05) is 18.2 Å². The van der Waals surface area contributed by atoms with Crippen molar-refractivity contribution in [2.75, 3.05) is 13.1 Å². The molecule has 1 aromatic rings. The van der Waals surface area contributed by atoms with E-state index >= 15 is 0 Å². The van der Waals surface area contributed by atoms with Crippen molar-refractivity contribution in [1.82, 2.24) is 15.5 Å². The Hall–Kier alpha value is -2.08. The van der Waals surface area contributed by atoms with E-state index in [2.05, 4.69) is 27.7 Å². The Labute approximate surface area is 143 Å². The summed E-state index contributed by atoms with van der Waals surface area (Å²) in [6, 6.07) is 9.19. The minimum atomic E-state index is -1.00. The zero-order valence-electron chi connectivity index (χ0n) is 14.4. The number of carbonyl (C=O) groups is 2. The van der Waals surface area contributed by atoms with Gasteiger partial charge in [0.1, 0.15) is 6.04 Å². The molecule has 1 heterocycles. The van der Waals surface area contributed by atoms with Gasteiger partial charge in [-0.1, -0.05) is 44.2 Å². The molecule has 0 bridgehead atoms. The van der Waals surface area contributed by atoms with Crippen molar-refractivity contribution in [2.45, 2.75) is 45.3 Å². The molecule has 2 rings (SSSR count). The molecule has 6 heteroatoms. The lowest BCUT2D eigenvalue weighted by Gasteiger charge is -2.32. The molecule has 1 aromatic carbocycles. The zero-order valence-corrected chi connectivity index (χ0v) is 14.4. The first-order chi connectivity index (χ1) is 11.5. The molecular formula is C18H27N3O3. The van der Waals surface area contributed by atoms with Crippen molar-refractivity contribution in [1.29, 1.82) is 0 Å². The number of carboxylic acids is 1. The molecule has 0 radical (unpaired) electrons. The van der Waals surface area contributed by atoms with Crippen LogP contribution in [0.5, 0.6) is 0 Å². The van der Waals surface area contributed by atoms with E-state index in [1.165, 1.54) is 5.56 Å². The highest BCUT2D eigenvalue weighted by atomic mass is 16.4. The summed E-state index contributed by atoms with van der Waals surface area (Å²) in [5.41, 5.74) is 1.29. The lowest BCUT2D eigenvalue weighted by molar-refractivity contribution is -0.140. The molecule has 0 unspecified atom stereocenters. The average Bonchev–Trinajstić information content (AvgIpc) is 2.55. The molecule has 2 amide bonds. The van der Waals surface area contributed by atoms with Gasteiger partial charge >= 0.3 is 12.0 Å². The predicted octanol–water partition coefficient (Wildman–Crippen LogP) is 2.06. The van der Waals surface area contributed by atoms with E-state index in [0.29, 0.717) is 0 Å². The molecule has 1 aliphatic heterocycles. The number of aliphatic carboxylic acids is 1. The second kappa shape index (κ2) is 8.68. The smallest absolute Gasteiger partial charge is 0.326 e. The van der Waals surface area contributed by atoms with Gasteiger partial charge in [0.2, 0.25) is 0 Å². The number of amides is 2. The van der Waals surface area contributed by atoms with Crippen molar-refractivity contribution in [2.24, 2.45) is 5.92 Å². The number of piperidine rings is 1. The summed E-state index contributed by atoms with van der Waals surface area (Å²) in [6.07, 6.45) is 1.75. The van der Waals surface area contributed by atoms with E-state index in [-0.39, 0.29) is 12.0 Å². The van der Waals surface area contributed by atoms with Gasteiger partial charge in [-0.3, -0.25) is 4.90 Å². The van der Waals surface area contributed by atoms with Gasteiger partial charge in [0.25, 0.3) is 0 Å². The van der Waals surface area contributed by atoms with Crippen molar-refractivity contribution >= 4 is 12.0 Å². The fourth-order valence-electron chi connectivity index (χ4n) is 2.96. The summed E-state index contributed by atoms with van der Waals surface area (Å²) in [6.45, 7) is 6.33. The van der Waals surface area contributed by atoms with Crippen LogP contribution in [0.4, 0.5) is 4.79 Å². The number of nitrogens with one attached hydrogen (secondary N) is 2. The number of hydrogen-bond acceptors (Lipinski definition) is 3. The molecule has 6 nitrogen and oxygen atoms in total. The maximum Gasteiger partial charge on any atom is 0.326 e. The van der Waals surface area contributed by atoms with Gasteiger partial charge in [-0.2, -0.15) is 0 Å². The summed E-state index contributed by atoms with van der Waals surface area (Å²) < 4.78 is 0. The molecular weight excluding hydrogens is 306 g/mol. The van der Waals surface area contributed by atoms with Crippen LogP contribution in [0.3, 0.4) is 0 Å². The molecule has 1 atom stereocenters. The summed E-state index contributed by atoms with van der Waals surface area (Å²) in [7, 11) is 0.